The minimum absolute atomic E-state index is 0.0603. The number of carbonyl (C=O) groups is 1. The van der Waals surface area contributed by atoms with Crippen LogP contribution in [0.15, 0.2) is 11.9 Å². The van der Waals surface area contributed by atoms with E-state index in [1.807, 2.05) is 0 Å². The van der Waals surface area contributed by atoms with Crippen LogP contribution in [0, 0.1) is 5.92 Å². The van der Waals surface area contributed by atoms with Gasteiger partial charge in [-0.25, -0.2) is 4.79 Å². The fraction of sp³-hybridized carbons (Fsp3) is 0.667. The summed E-state index contributed by atoms with van der Waals surface area (Å²) in [5, 5.41) is 16.9. The highest BCUT2D eigenvalue weighted by atomic mass is 19.4. The minimum Gasteiger partial charge on any atom is -0.476 e. The Labute approximate surface area is 102 Å². The fourth-order valence-corrected chi connectivity index (χ4v) is 1.24. The van der Waals surface area contributed by atoms with Crippen molar-refractivity contribution >= 4 is 5.97 Å². The van der Waals surface area contributed by atoms with Gasteiger partial charge in [-0.2, -0.15) is 30.7 Å². The highest BCUT2D eigenvalue weighted by Gasteiger charge is 2.70. The number of aliphatic carboxylic acids is 1. The summed E-state index contributed by atoms with van der Waals surface area (Å²) < 4.78 is 86.1. The van der Waals surface area contributed by atoms with Crippen molar-refractivity contribution in [3.63, 3.8) is 0 Å². The Hall–Kier alpha value is -1.32. The number of aliphatic hydroxyl groups is 1. The monoisotopic (exact) mass is 298 g/mol. The summed E-state index contributed by atoms with van der Waals surface area (Å²) in [6.07, 6.45) is -13.9. The number of halogens is 7. The lowest BCUT2D eigenvalue weighted by atomic mass is 9.89. The molecule has 0 amide bonds. The van der Waals surface area contributed by atoms with E-state index in [1.54, 1.807) is 0 Å². The maximum absolute atomic E-state index is 12.6. The molecule has 0 saturated heterocycles. The molecule has 3 nitrogen and oxygen atoms in total. The van der Waals surface area contributed by atoms with Crippen LogP contribution in [0.5, 0.6) is 0 Å². The lowest BCUT2D eigenvalue weighted by Crippen LogP contribution is -2.57. The molecule has 112 valence electrons. The molecular weight excluding hydrogens is 289 g/mol. The van der Waals surface area contributed by atoms with Gasteiger partial charge in [0.25, 0.3) is 5.60 Å². The lowest BCUT2D eigenvalue weighted by Gasteiger charge is -2.33. The van der Waals surface area contributed by atoms with E-state index in [9.17, 15) is 35.5 Å². The smallest absolute Gasteiger partial charge is 0.426 e. The summed E-state index contributed by atoms with van der Waals surface area (Å²) >= 11 is 0. The zero-order chi connectivity index (χ0) is 15.6. The molecule has 2 N–H and O–H groups in total. The quantitative estimate of drug-likeness (QED) is 0.620. The molecule has 0 aliphatic carbocycles. The zero-order valence-electron chi connectivity index (χ0n) is 9.31. The summed E-state index contributed by atoms with van der Waals surface area (Å²) in [6, 6.07) is 0. The van der Waals surface area contributed by atoms with Crippen molar-refractivity contribution < 1.29 is 45.7 Å². The molecule has 0 aromatic rings. The first-order valence-electron chi connectivity index (χ1n) is 4.69. The van der Waals surface area contributed by atoms with Crippen LogP contribution in [-0.2, 0) is 4.79 Å². The van der Waals surface area contributed by atoms with E-state index in [2.05, 4.69) is 0 Å². The molecule has 1 unspecified atom stereocenters. The first-order valence-corrected chi connectivity index (χ1v) is 4.69. The molecule has 0 aliphatic rings. The molecule has 0 fully saturated rings. The van der Waals surface area contributed by atoms with Gasteiger partial charge in [-0.3, -0.25) is 0 Å². The predicted octanol–water partition coefficient (Wildman–Crippen LogP) is 2.81. The molecule has 0 aromatic carbocycles. The average molecular weight is 298 g/mol. The van der Waals surface area contributed by atoms with E-state index >= 15 is 0 Å². The molecule has 1 atom stereocenters. The molecule has 0 heterocycles. The minimum atomic E-state index is -6.02. The third-order valence-corrected chi connectivity index (χ3v) is 2.19. The number of allylic oxidation sites excluding steroid dienone is 1. The lowest BCUT2D eigenvalue weighted by molar-refractivity contribution is -0.371. The summed E-state index contributed by atoms with van der Waals surface area (Å²) in [5.74, 6) is -5.84. The predicted molar refractivity (Wildman–Crippen MR) is 47.7 cm³/mol. The van der Waals surface area contributed by atoms with Gasteiger partial charge in [0.05, 0.1) is 0 Å². The zero-order valence-corrected chi connectivity index (χ0v) is 9.31. The van der Waals surface area contributed by atoms with Gasteiger partial charge >= 0.3 is 18.3 Å². The van der Waals surface area contributed by atoms with Gasteiger partial charge in [-0.15, -0.1) is 0 Å². The molecule has 0 aromatic heterocycles. The maximum atomic E-state index is 12.6. The molecule has 0 aliphatic heterocycles. The van der Waals surface area contributed by atoms with Gasteiger partial charge in [-0.1, -0.05) is 6.92 Å². The number of hydrogen-bond donors (Lipinski definition) is 2. The van der Waals surface area contributed by atoms with Crippen LogP contribution in [0.3, 0.4) is 0 Å². The Kier molecular flexibility index (Phi) is 4.98. The van der Waals surface area contributed by atoms with Crippen molar-refractivity contribution in [3.8, 4) is 0 Å². The number of carboxylic acids is 1. The standard InChI is InChI=1S/C9H9F7O3/c1-4(2-5(10)6(17)18)3-7(19,8(11,12)13)9(14,15)16/h2,4,19H,3H2,1H3,(H,17,18). The Bertz CT molecular complexity index is 355. The molecule has 0 saturated carbocycles. The number of alkyl halides is 6. The van der Waals surface area contributed by atoms with Crippen LogP contribution in [0.2, 0.25) is 0 Å². The van der Waals surface area contributed by atoms with Gasteiger partial charge in [0.2, 0.25) is 5.83 Å². The van der Waals surface area contributed by atoms with E-state index in [0.29, 0.717) is 6.92 Å². The Morgan fingerprint density at radius 3 is 1.79 bits per heavy atom. The second-order valence-electron chi connectivity index (χ2n) is 3.86. The highest BCUT2D eigenvalue weighted by molar-refractivity contribution is 5.83. The highest BCUT2D eigenvalue weighted by Crippen LogP contribution is 2.46. The van der Waals surface area contributed by atoms with Crippen molar-refractivity contribution in [2.45, 2.75) is 31.3 Å². The molecule has 0 rings (SSSR count). The Balaban J connectivity index is 5.29. The molecule has 0 radical (unpaired) electrons. The van der Waals surface area contributed by atoms with Crippen LogP contribution in [0.25, 0.3) is 0 Å². The first kappa shape index (κ1) is 17.7. The van der Waals surface area contributed by atoms with E-state index in [4.69, 9.17) is 10.2 Å². The molecule has 0 spiro atoms. The van der Waals surface area contributed by atoms with E-state index in [1.165, 1.54) is 0 Å². The van der Waals surface area contributed by atoms with Gasteiger partial charge in [0.15, 0.2) is 0 Å². The van der Waals surface area contributed by atoms with Crippen LogP contribution in [0.4, 0.5) is 30.7 Å². The third kappa shape index (κ3) is 4.08. The number of hydrogen-bond acceptors (Lipinski definition) is 2. The molecule has 19 heavy (non-hydrogen) atoms. The van der Waals surface area contributed by atoms with E-state index in [0.717, 1.165) is 0 Å². The van der Waals surface area contributed by atoms with Gasteiger partial charge < -0.3 is 10.2 Å². The number of rotatable bonds is 4. The number of carboxylic acid groups (broad SMARTS) is 1. The first-order chi connectivity index (χ1) is 8.22. The summed E-state index contributed by atoms with van der Waals surface area (Å²) in [4.78, 5) is 10.0. The van der Waals surface area contributed by atoms with Gasteiger partial charge in [0.1, 0.15) is 0 Å². The summed E-state index contributed by atoms with van der Waals surface area (Å²) in [7, 11) is 0. The second-order valence-corrected chi connectivity index (χ2v) is 3.86. The van der Waals surface area contributed by atoms with Crippen LogP contribution < -0.4 is 0 Å². The Morgan fingerprint density at radius 1 is 1.16 bits per heavy atom. The van der Waals surface area contributed by atoms with Crippen LogP contribution in [0.1, 0.15) is 13.3 Å². The maximum Gasteiger partial charge on any atom is 0.426 e. The molecule has 0 bridgehead atoms. The average Bonchev–Trinajstić information content (AvgIpc) is 2.13. The molecule has 10 heteroatoms. The van der Waals surface area contributed by atoms with Crippen LogP contribution in [-0.4, -0.2) is 34.1 Å². The largest absolute Gasteiger partial charge is 0.476 e. The van der Waals surface area contributed by atoms with Crippen molar-refractivity contribution in [2.24, 2.45) is 5.92 Å². The topological polar surface area (TPSA) is 57.5 Å². The summed E-state index contributed by atoms with van der Waals surface area (Å²) in [6.45, 7) is 0.713. The second kappa shape index (κ2) is 5.35. The van der Waals surface area contributed by atoms with E-state index < -0.39 is 42.1 Å². The van der Waals surface area contributed by atoms with Crippen molar-refractivity contribution in [2.75, 3.05) is 0 Å². The fourth-order valence-electron chi connectivity index (χ4n) is 1.24. The summed E-state index contributed by atoms with van der Waals surface area (Å²) in [5.41, 5.74) is -5.03. The Morgan fingerprint density at radius 2 is 1.53 bits per heavy atom. The van der Waals surface area contributed by atoms with Gasteiger partial charge in [-0.05, 0) is 12.0 Å². The van der Waals surface area contributed by atoms with Crippen LogP contribution >= 0.6 is 0 Å². The normalized spacial score (nSPS) is 16.4. The van der Waals surface area contributed by atoms with Crippen molar-refractivity contribution in [3.05, 3.63) is 11.9 Å². The van der Waals surface area contributed by atoms with Crippen molar-refractivity contribution in [1.29, 1.82) is 0 Å². The SMILES string of the molecule is CC(C=C(F)C(=O)O)CC(O)(C(F)(F)F)C(F)(F)F. The third-order valence-electron chi connectivity index (χ3n) is 2.19. The molecular formula is C9H9F7O3. The van der Waals surface area contributed by atoms with E-state index in [-0.39, 0.29) is 6.08 Å². The van der Waals surface area contributed by atoms with Gasteiger partial charge in [0, 0.05) is 6.42 Å². The van der Waals surface area contributed by atoms with Crippen molar-refractivity contribution in [1.82, 2.24) is 0 Å².